The summed E-state index contributed by atoms with van der Waals surface area (Å²) in [5.41, 5.74) is 1.10. The number of methoxy groups -OCH3 is 1. The number of carbonyl (C=O) groups is 2. The molecular formula is C20H18BrN3O4. The molecule has 1 N–H and O–H groups in total. The normalized spacial score (nSPS) is 11.8. The van der Waals surface area contributed by atoms with Crippen molar-refractivity contribution in [2.24, 2.45) is 0 Å². The van der Waals surface area contributed by atoms with Crippen LogP contribution in [0.4, 0.5) is 0 Å². The average Bonchev–Trinajstić information content (AvgIpc) is 2.72. The van der Waals surface area contributed by atoms with Crippen LogP contribution in [-0.2, 0) is 20.9 Å². The van der Waals surface area contributed by atoms with Crippen LogP contribution < -0.4 is 10.7 Å². The van der Waals surface area contributed by atoms with Gasteiger partial charge >= 0.3 is 5.97 Å². The number of fused-ring (bicyclic) bond motifs is 1. The van der Waals surface area contributed by atoms with E-state index in [-0.39, 0.29) is 24.3 Å². The molecule has 2 aromatic carbocycles. The number of carbonyl (C=O) groups excluding carboxylic acids is 2. The van der Waals surface area contributed by atoms with Gasteiger partial charge in [0.1, 0.15) is 0 Å². The maximum Gasteiger partial charge on any atom is 0.333 e. The highest BCUT2D eigenvalue weighted by Crippen LogP contribution is 2.18. The van der Waals surface area contributed by atoms with Crippen molar-refractivity contribution in [3.8, 4) is 0 Å². The minimum absolute atomic E-state index is 0.0872. The van der Waals surface area contributed by atoms with Crippen LogP contribution in [0.3, 0.4) is 0 Å². The quantitative estimate of drug-likeness (QED) is 0.591. The van der Waals surface area contributed by atoms with Crippen molar-refractivity contribution >= 4 is 38.7 Å². The smallest absolute Gasteiger partial charge is 0.333 e. The van der Waals surface area contributed by atoms with Crippen molar-refractivity contribution in [1.82, 2.24) is 15.1 Å². The molecule has 7 nitrogen and oxygen atoms in total. The van der Waals surface area contributed by atoms with Gasteiger partial charge in [0.15, 0.2) is 6.04 Å². The number of halogens is 1. The van der Waals surface area contributed by atoms with E-state index in [0.717, 1.165) is 4.47 Å². The maximum atomic E-state index is 12.5. The molecule has 0 bridgehead atoms. The van der Waals surface area contributed by atoms with Gasteiger partial charge in [-0.05, 0) is 29.8 Å². The standard InChI is InChI=1S/C20H18BrN3O4/c1-28-20(27)19(13-6-8-14(21)9-7-13)23-18(26)10-11-24-16-5-3-2-4-15(16)17(25)12-22-24/h2-9,12,19H,10-11H2,1H3,(H,23,26). The summed E-state index contributed by atoms with van der Waals surface area (Å²) in [6.07, 6.45) is 1.32. The van der Waals surface area contributed by atoms with Crippen LogP contribution in [0.5, 0.6) is 0 Å². The Labute approximate surface area is 169 Å². The second-order valence-electron chi connectivity index (χ2n) is 6.07. The number of amides is 1. The molecule has 0 aliphatic heterocycles. The number of hydrogen-bond donors (Lipinski definition) is 1. The van der Waals surface area contributed by atoms with E-state index in [0.29, 0.717) is 16.5 Å². The summed E-state index contributed by atoms with van der Waals surface area (Å²) in [6.45, 7) is 0.265. The van der Waals surface area contributed by atoms with Gasteiger partial charge in [0.25, 0.3) is 0 Å². The van der Waals surface area contributed by atoms with E-state index < -0.39 is 12.0 Å². The van der Waals surface area contributed by atoms with Crippen molar-refractivity contribution < 1.29 is 14.3 Å². The number of nitrogens with one attached hydrogen (secondary N) is 1. The number of esters is 1. The molecule has 0 saturated carbocycles. The van der Waals surface area contributed by atoms with Crippen molar-refractivity contribution in [3.63, 3.8) is 0 Å². The molecule has 3 rings (SSSR count). The first kappa shape index (κ1) is 19.8. The van der Waals surface area contributed by atoms with Gasteiger partial charge in [-0.15, -0.1) is 0 Å². The summed E-state index contributed by atoms with van der Waals surface area (Å²) in [4.78, 5) is 36.5. The number of aryl methyl sites for hydroxylation is 1. The van der Waals surface area contributed by atoms with E-state index >= 15 is 0 Å². The first-order valence-corrected chi connectivity index (χ1v) is 9.36. The Morgan fingerprint density at radius 3 is 2.61 bits per heavy atom. The molecule has 3 aromatic rings. The van der Waals surface area contributed by atoms with Gasteiger partial charge in [-0.1, -0.05) is 40.2 Å². The second kappa shape index (κ2) is 8.79. The van der Waals surface area contributed by atoms with E-state index in [2.05, 4.69) is 26.3 Å². The molecular weight excluding hydrogens is 426 g/mol. The van der Waals surface area contributed by atoms with Crippen LogP contribution in [0, 0.1) is 0 Å². The third-order valence-electron chi connectivity index (χ3n) is 4.26. The number of aromatic nitrogens is 2. The Bertz CT molecular complexity index is 1060. The van der Waals surface area contributed by atoms with Gasteiger partial charge in [-0.2, -0.15) is 5.10 Å². The number of rotatable bonds is 6. The fourth-order valence-corrected chi connectivity index (χ4v) is 3.10. The van der Waals surface area contributed by atoms with E-state index in [1.54, 1.807) is 53.2 Å². The molecule has 144 valence electrons. The fourth-order valence-electron chi connectivity index (χ4n) is 2.83. The van der Waals surface area contributed by atoms with Gasteiger partial charge in [0.05, 0.1) is 25.4 Å². The average molecular weight is 444 g/mol. The van der Waals surface area contributed by atoms with Crippen molar-refractivity contribution in [3.05, 3.63) is 75.0 Å². The molecule has 0 aliphatic rings. The molecule has 28 heavy (non-hydrogen) atoms. The van der Waals surface area contributed by atoms with Crippen LogP contribution in [0.2, 0.25) is 0 Å². The van der Waals surface area contributed by atoms with Crippen LogP contribution in [0.15, 0.2) is 64.0 Å². The summed E-state index contributed by atoms with van der Waals surface area (Å²) in [5.74, 6) is -0.884. The Morgan fingerprint density at radius 1 is 1.18 bits per heavy atom. The minimum atomic E-state index is -0.899. The van der Waals surface area contributed by atoms with Crippen molar-refractivity contribution in [1.29, 1.82) is 0 Å². The Balaban J connectivity index is 1.73. The second-order valence-corrected chi connectivity index (χ2v) is 6.99. The zero-order chi connectivity index (χ0) is 20.1. The first-order chi connectivity index (χ1) is 13.5. The zero-order valence-electron chi connectivity index (χ0n) is 15.1. The van der Waals surface area contributed by atoms with Crippen LogP contribution >= 0.6 is 15.9 Å². The summed E-state index contributed by atoms with van der Waals surface area (Å²) >= 11 is 3.34. The Hall–Kier alpha value is -3.00. The number of ether oxygens (including phenoxy) is 1. The Kier molecular flexibility index (Phi) is 6.20. The van der Waals surface area contributed by atoms with Gasteiger partial charge in [0, 0.05) is 16.3 Å². The first-order valence-electron chi connectivity index (χ1n) is 8.57. The van der Waals surface area contributed by atoms with Crippen LogP contribution in [-0.4, -0.2) is 28.8 Å². The highest BCUT2D eigenvalue weighted by molar-refractivity contribution is 9.10. The van der Waals surface area contributed by atoms with E-state index in [1.165, 1.54) is 13.3 Å². The highest BCUT2D eigenvalue weighted by atomic mass is 79.9. The molecule has 0 aliphatic carbocycles. The summed E-state index contributed by atoms with van der Waals surface area (Å²) in [7, 11) is 1.27. The van der Waals surface area contributed by atoms with E-state index in [1.807, 2.05) is 0 Å². The van der Waals surface area contributed by atoms with Gasteiger partial charge in [-0.3, -0.25) is 14.3 Å². The summed E-state index contributed by atoms with van der Waals surface area (Å²) in [6, 6.07) is 13.2. The lowest BCUT2D eigenvalue weighted by atomic mass is 10.1. The fraction of sp³-hybridized carbons (Fsp3) is 0.200. The van der Waals surface area contributed by atoms with Crippen LogP contribution in [0.1, 0.15) is 18.0 Å². The van der Waals surface area contributed by atoms with Gasteiger partial charge < -0.3 is 10.1 Å². The Morgan fingerprint density at radius 2 is 1.89 bits per heavy atom. The maximum absolute atomic E-state index is 12.5. The number of benzene rings is 2. The number of nitrogens with zero attached hydrogens (tertiary/aromatic N) is 2. The van der Waals surface area contributed by atoms with Gasteiger partial charge in [-0.25, -0.2) is 4.79 Å². The third-order valence-corrected chi connectivity index (χ3v) is 4.79. The van der Waals surface area contributed by atoms with Gasteiger partial charge in [0.2, 0.25) is 11.3 Å². The highest BCUT2D eigenvalue weighted by Gasteiger charge is 2.23. The van der Waals surface area contributed by atoms with Crippen LogP contribution in [0.25, 0.3) is 10.9 Å². The van der Waals surface area contributed by atoms with Crippen molar-refractivity contribution in [2.75, 3.05) is 7.11 Å². The molecule has 1 atom stereocenters. The molecule has 1 heterocycles. The zero-order valence-corrected chi connectivity index (χ0v) is 16.7. The minimum Gasteiger partial charge on any atom is -0.467 e. The molecule has 1 aromatic heterocycles. The lowest BCUT2D eigenvalue weighted by Crippen LogP contribution is -2.35. The molecule has 0 radical (unpaired) electrons. The molecule has 0 fully saturated rings. The predicted octanol–water partition coefficient (Wildman–Crippen LogP) is 2.58. The SMILES string of the molecule is COC(=O)C(NC(=O)CCn1ncc(=O)c2ccccc21)c1ccc(Br)cc1. The lowest BCUT2D eigenvalue weighted by molar-refractivity contribution is -0.145. The monoisotopic (exact) mass is 443 g/mol. The third kappa shape index (κ3) is 4.45. The predicted molar refractivity (Wildman–Crippen MR) is 108 cm³/mol. The molecule has 0 spiro atoms. The topological polar surface area (TPSA) is 90.3 Å². The molecule has 1 unspecified atom stereocenters. The van der Waals surface area contributed by atoms with Crippen molar-refractivity contribution in [2.45, 2.75) is 19.0 Å². The lowest BCUT2D eigenvalue weighted by Gasteiger charge is -2.17. The number of para-hydroxylation sites is 1. The van der Waals surface area contributed by atoms with E-state index in [9.17, 15) is 14.4 Å². The summed E-state index contributed by atoms with van der Waals surface area (Å²) < 4.78 is 7.28. The largest absolute Gasteiger partial charge is 0.467 e. The molecule has 8 heteroatoms. The molecule has 0 saturated heterocycles. The molecule has 1 amide bonds. The number of hydrogen-bond acceptors (Lipinski definition) is 5. The van der Waals surface area contributed by atoms with E-state index in [4.69, 9.17) is 4.74 Å². The summed E-state index contributed by atoms with van der Waals surface area (Å²) in [5, 5.41) is 7.35.